The van der Waals surface area contributed by atoms with Gasteiger partial charge in [0.05, 0.1) is 0 Å². The molecule has 0 nitrogen and oxygen atoms in total. The van der Waals surface area contributed by atoms with Gasteiger partial charge in [-0.2, -0.15) is 0 Å². The van der Waals surface area contributed by atoms with Gasteiger partial charge in [0.2, 0.25) is 0 Å². The molecule has 0 aliphatic rings. The van der Waals surface area contributed by atoms with E-state index in [9.17, 15) is 0 Å². The summed E-state index contributed by atoms with van der Waals surface area (Å²) >= 11 is 12.1. The molecule has 7 heteroatoms. The Hall–Kier alpha value is -0.508. The second-order valence-electron chi connectivity index (χ2n) is 8.31. The van der Waals surface area contributed by atoms with Crippen molar-refractivity contribution >= 4 is 90.5 Å². The number of hydrogen-bond acceptors (Lipinski definition) is 0. The molecule has 0 atom stereocenters. The molecule has 1 aromatic heterocycles. The summed E-state index contributed by atoms with van der Waals surface area (Å²) in [5, 5.41) is 5.89. The van der Waals surface area contributed by atoms with Gasteiger partial charge in [0.15, 0.2) is 0 Å². The summed E-state index contributed by atoms with van der Waals surface area (Å²) in [6.45, 7) is 2.03. The van der Waals surface area contributed by atoms with Crippen molar-refractivity contribution in [3.63, 3.8) is 0 Å². The van der Waals surface area contributed by atoms with Gasteiger partial charge in [-0.3, -0.25) is 0 Å². The molecule has 202 valence electrons. The van der Waals surface area contributed by atoms with Crippen LogP contribution in [0, 0.1) is 12.7 Å². The predicted molar refractivity (Wildman–Crippen MR) is 185 cm³/mol. The van der Waals surface area contributed by atoms with Crippen LogP contribution >= 0.6 is 69.3 Å². The summed E-state index contributed by atoms with van der Waals surface area (Å²) in [7, 11) is 0.430. The van der Waals surface area contributed by atoms with Gasteiger partial charge in [-0.1, -0.05) is 137 Å². The zero-order chi connectivity index (χ0) is 27.9. The molecule has 0 radical (unpaired) electrons. The van der Waals surface area contributed by atoms with Crippen LogP contribution in [0.2, 0.25) is 0 Å². The Bertz CT molecular complexity index is 1200. The molecule has 0 saturated carbocycles. The van der Waals surface area contributed by atoms with Crippen LogP contribution in [0.15, 0.2) is 136 Å². The van der Waals surface area contributed by atoms with Crippen molar-refractivity contribution in [3.05, 3.63) is 147 Å². The van der Waals surface area contributed by atoms with Crippen LogP contribution in [0.5, 0.6) is 0 Å². The van der Waals surface area contributed by atoms with Gasteiger partial charge in [0.25, 0.3) is 0 Å². The van der Waals surface area contributed by atoms with Crippen LogP contribution in [-0.4, -0.2) is 12.3 Å². The second kappa shape index (κ2) is 18.8. The minimum Gasteiger partial charge on any atom is -0.0622 e. The molecule has 5 rings (SSSR count). The first-order chi connectivity index (χ1) is 19.1. The van der Waals surface area contributed by atoms with E-state index < -0.39 is 0 Å². The maximum Gasteiger partial charge on any atom is -0.0195 e. The maximum atomic E-state index is 3.40. The van der Waals surface area contributed by atoms with Crippen LogP contribution in [0.1, 0.15) is 5.56 Å². The molecule has 0 N–H and O–H groups in total. The third-order valence-electron chi connectivity index (χ3n) is 5.75. The van der Waals surface area contributed by atoms with Crippen molar-refractivity contribution in [2.45, 2.75) is 6.92 Å². The maximum absolute atomic E-state index is 3.40. The molecular weight excluding hydrogens is 823 g/mol. The largest absolute Gasteiger partial charge is 0.0622 e. The number of benzene rings is 4. The molecule has 39 heavy (non-hydrogen) atoms. The third kappa shape index (κ3) is 11.0. The first kappa shape index (κ1) is 33.0. The Labute approximate surface area is 271 Å². The van der Waals surface area contributed by atoms with E-state index in [0.29, 0.717) is 0 Å². The van der Waals surface area contributed by atoms with Crippen molar-refractivity contribution in [1.29, 1.82) is 0 Å². The molecule has 0 saturated heterocycles. The van der Waals surface area contributed by atoms with Crippen molar-refractivity contribution in [3.8, 4) is 0 Å². The van der Waals surface area contributed by atoms with E-state index in [4.69, 9.17) is 0 Å². The van der Waals surface area contributed by atoms with Gasteiger partial charge in [0, 0.05) is 0 Å². The average molecular weight is 852 g/mol. The van der Waals surface area contributed by atoms with Gasteiger partial charge < -0.3 is 0 Å². The number of hydrogen-bond donors (Lipinski definition) is 0. The Morgan fingerprint density at radius 3 is 1.15 bits per heavy atom. The van der Waals surface area contributed by atoms with Crippen molar-refractivity contribution in [2.75, 3.05) is 12.3 Å². The Morgan fingerprint density at radius 1 is 0.590 bits per heavy atom. The van der Waals surface area contributed by atoms with Crippen molar-refractivity contribution < 1.29 is 17.2 Å². The summed E-state index contributed by atoms with van der Waals surface area (Å²) in [6, 6.07) is 46.3. The molecular formula is C32H28Br3P3Pd. The molecule has 0 bridgehead atoms. The normalized spacial score (nSPS) is 10.6. The molecule has 0 spiro atoms. The summed E-state index contributed by atoms with van der Waals surface area (Å²) in [5.41, 5.74) is 1.18. The minimum atomic E-state index is -0.348. The van der Waals surface area contributed by atoms with E-state index in [-0.39, 0.29) is 15.8 Å². The summed E-state index contributed by atoms with van der Waals surface area (Å²) in [6.07, 6.45) is 2.41. The van der Waals surface area contributed by atoms with Gasteiger partial charge >= 0.3 is 30.6 Å². The zero-order valence-corrected chi connectivity index (χ0v) is 30.3. The zero-order valence-electron chi connectivity index (χ0n) is 21.3. The fourth-order valence-corrected chi connectivity index (χ4v) is 11.3. The van der Waals surface area contributed by atoms with Crippen LogP contribution in [0.3, 0.4) is 0 Å². The molecule has 0 aliphatic heterocycles. The average Bonchev–Trinajstić information content (AvgIpc) is 3.01. The standard InChI is InChI=1S/C26H24P2.C6H4Br2P.BrH.Pd/c1-5-13-23(14-6-1)27(24-15-7-2-8-16-24)21-22-28(25-17-9-3-10-18-25)26-19-11-4-12-20-26;1-4-3-9-6(8)2-5(4)7;;/h1-20H,21-22H2;2H,1H3;1H;/q;-1;;+2/p-1. The van der Waals surface area contributed by atoms with E-state index in [1.807, 2.05) is 13.0 Å². The molecule has 0 unspecified atom stereocenters. The second-order valence-corrected chi connectivity index (χ2v) is 16.2. The van der Waals surface area contributed by atoms with E-state index in [0.717, 1.165) is 16.9 Å². The van der Waals surface area contributed by atoms with E-state index in [1.165, 1.54) is 39.1 Å². The fraction of sp³-hybridized carbons (Fsp3) is 0.0938. The smallest absolute Gasteiger partial charge is 0.0195 e. The van der Waals surface area contributed by atoms with Gasteiger partial charge in [0.1, 0.15) is 0 Å². The first-order valence-corrected chi connectivity index (χ1v) is 21.3. The van der Waals surface area contributed by atoms with Crippen LogP contribution in [0.4, 0.5) is 0 Å². The molecule has 5 aromatic rings. The Balaban J connectivity index is 0.000000322. The van der Waals surface area contributed by atoms with Crippen LogP contribution < -0.4 is 21.2 Å². The van der Waals surface area contributed by atoms with E-state index >= 15 is 0 Å². The number of halogens is 3. The summed E-state index contributed by atoms with van der Waals surface area (Å²) < 4.78 is 2.27. The summed E-state index contributed by atoms with van der Waals surface area (Å²) in [4.78, 5) is 0. The quantitative estimate of drug-likeness (QED) is 0.0870. The van der Waals surface area contributed by atoms with E-state index in [2.05, 4.69) is 190 Å². The third-order valence-corrected chi connectivity index (χ3v) is 13.5. The molecule has 4 aromatic carbocycles. The Morgan fingerprint density at radius 2 is 0.897 bits per heavy atom. The van der Waals surface area contributed by atoms with E-state index in [1.54, 1.807) is 0 Å². The van der Waals surface area contributed by atoms with Gasteiger partial charge in [-0.05, 0) is 49.4 Å². The van der Waals surface area contributed by atoms with Crippen LogP contribution in [0.25, 0.3) is 0 Å². The molecule has 1 heterocycles. The molecule has 0 fully saturated rings. The summed E-state index contributed by atoms with van der Waals surface area (Å²) in [5.74, 6) is 3.17. The number of rotatable bonds is 7. The monoisotopic (exact) mass is 848 g/mol. The Kier molecular flexibility index (Phi) is 15.9. The van der Waals surface area contributed by atoms with Crippen molar-refractivity contribution in [2.24, 2.45) is 0 Å². The van der Waals surface area contributed by atoms with Gasteiger partial charge in [-0.15, -0.1) is 49.3 Å². The molecule has 0 amide bonds. The molecule has 0 aliphatic carbocycles. The van der Waals surface area contributed by atoms with Crippen LogP contribution in [-0.2, 0) is 17.2 Å². The number of aryl methyl sites for hydroxylation is 1. The fourth-order valence-electron chi connectivity index (χ4n) is 3.88. The van der Waals surface area contributed by atoms with Gasteiger partial charge in [-0.25, -0.2) is 8.19 Å². The first-order valence-electron chi connectivity index (χ1n) is 12.2. The topological polar surface area (TPSA) is 0 Å². The SMILES string of the molecule is Cc1[c-]pc(Br)cc1Br.[Br][Pd+].c1ccc(P(CCP(c2ccccc2)c2ccccc2)c2ccccc2)cc1. The minimum absolute atomic E-state index is 0.348. The van der Waals surface area contributed by atoms with Crippen molar-refractivity contribution in [1.82, 2.24) is 0 Å². The predicted octanol–water partition coefficient (Wildman–Crippen LogP) is 10.00.